The first-order valence-electron chi connectivity index (χ1n) is 19.1. The summed E-state index contributed by atoms with van der Waals surface area (Å²) < 4.78 is 10.3. The highest BCUT2D eigenvalue weighted by Gasteiger charge is 2.18. The molecule has 12 aromatic rings. The summed E-state index contributed by atoms with van der Waals surface area (Å²) >= 11 is 3.74. The Balaban J connectivity index is 1.33. The second-order valence-electron chi connectivity index (χ2n) is 14.8. The van der Waals surface area contributed by atoms with Gasteiger partial charge in [-0.25, -0.2) is 0 Å². The molecule has 13 rings (SSSR count). The average Bonchev–Trinajstić information content (AvgIpc) is 4.00. The van der Waals surface area contributed by atoms with Gasteiger partial charge in [0.05, 0.1) is 21.7 Å². The molecule has 0 radical (unpaired) electrons. The molecule has 0 N–H and O–H groups in total. The van der Waals surface area contributed by atoms with E-state index in [4.69, 9.17) is 0 Å². The van der Waals surface area contributed by atoms with Gasteiger partial charge in [0.15, 0.2) is 0 Å². The minimum atomic E-state index is 1.17. The monoisotopic (exact) mass is 746 g/mol. The lowest BCUT2D eigenvalue weighted by molar-refractivity contribution is 1.03. The van der Waals surface area contributed by atoms with Crippen molar-refractivity contribution in [3.05, 3.63) is 224 Å². The van der Waals surface area contributed by atoms with Gasteiger partial charge in [0.1, 0.15) is 0 Å². The second kappa shape index (κ2) is 11.4. The van der Waals surface area contributed by atoms with Gasteiger partial charge >= 0.3 is 0 Å². The number of hydrogen-bond acceptors (Lipinski definition) is 2. The van der Waals surface area contributed by atoms with E-state index in [2.05, 4.69) is 191 Å². The summed E-state index contributed by atoms with van der Waals surface area (Å²) in [5, 5.41) is 17.6. The first-order chi connectivity index (χ1) is 27.8. The van der Waals surface area contributed by atoms with Crippen molar-refractivity contribution in [2.75, 3.05) is 0 Å². The lowest BCUT2D eigenvalue weighted by Gasteiger charge is -2.10. The molecule has 4 heteroatoms. The number of thiophene rings is 2. The lowest BCUT2D eigenvalue weighted by Crippen LogP contribution is -1.99. The summed E-state index contributed by atoms with van der Waals surface area (Å²) in [6.45, 7) is 0. The molecule has 0 fully saturated rings. The number of hydrogen-bond donors (Lipinski definition) is 0. The summed E-state index contributed by atoms with van der Waals surface area (Å²) in [5.41, 5.74) is 4.74. The molecule has 56 heavy (non-hydrogen) atoms. The SMILES string of the molecule is c1ccc2c(c1)=c1c(n(-c3ccc4sc5ccccc5c4c3)c3ccccc13)=c1ccccc1=c1c=2c2ccccc2n1-c1ccc2sc3ccccc3c2c1. The summed E-state index contributed by atoms with van der Waals surface area (Å²) in [6.07, 6.45) is 0. The van der Waals surface area contributed by atoms with Gasteiger partial charge in [-0.3, -0.25) is 0 Å². The normalized spacial score (nSPS) is 12.3. The van der Waals surface area contributed by atoms with Crippen molar-refractivity contribution in [1.29, 1.82) is 0 Å². The van der Waals surface area contributed by atoms with Gasteiger partial charge in [-0.1, -0.05) is 121 Å². The van der Waals surface area contributed by atoms with Crippen LogP contribution in [0.2, 0.25) is 0 Å². The number of rotatable bonds is 2. The molecule has 0 atom stereocenters. The molecule has 0 amide bonds. The second-order valence-corrected chi connectivity index (χ2v) is 17.0. The maximum atomic E-state index is 2.54. The van der Waals surface area contributed by atoms with Gasteiger partial charge in [-0.2, -0.15) is 0 Å². The van der Waals surface area contributed by atoms with E-state index in [0.717, 1.165) is 0 Å². The molecule has 260 valence electrons. The molecule has 4 aromatic heterocycles. The molecule has 0 saturated carbocycles. The average molecular weight is 747 g/mol. The quantitative estimate of drug-likeness (QED) is 0.167. The van der Waals surface area contributed by atoms with Crippen LogP contribution in [0.25, 0.3) is 73.5 Å². The minimum Gasteiger partial charge on any atom is -0.309 e. The Kier molecular flexibility index (Phi) is 6.23. The van der Waals surface area contributed by atoms with Gasteiger partial charge in [0.25, 0.3) is 0 Å². The maximum Gasteiger partial charge on any atom is 0.0626 e. The number of benzene rings is 8. The van der Waals surface area contributed by atoms with Crippen molar-refractivity contribution in [2.45, 2.75) is 0 Å². The van der Waals surface area contributed by atoms with Crippen LogP contribution in [-0.4, -0.2) is 9.13 Å². The molecule has 1 aliphatic carbocycles. The van der Waals surface area contributed by atoms with Crippen LogP contribution in [0.4, 0.5) is 0 Å². The summed E-state index contributed by atoms with van der Waals surface area (Å²) in [7, 11) is 0. The fraction of sp³-hybridized carbons (Fsp3) is 0. The smallest absolute Gasteiger partial charge is 0.0626 e. The van der Waals surface area contributed by atoms with Crippen LogP contribution in [0.5, 0.6) is 0 Å². The van der Waals surface area contributed by atoms with E-state index < -0.39 is 0 Å². The van der Waals surface area contributed by atoms with E-state index in [1.165, 1.54) is 116 Å². The van der Waals surface area contributed by atoms with E-state index >= 15 is 0 Å². The van der Waals surface area contributed by atoms with Crippen LogP contribution in [0, 0.1) is 42.0 Å². The first kappa shape index (κ1) is 30.6. The molecule has 0 unspecified atom stereocenters. The molecule has 4 heterocycles. The number of aromatic nitrogens is 2. The Morgan fingerprint density at radius 1 is 0.286 bits per heavy atom. The van der Waals surface area contributed by atoms with E-state index in [9.17, 15) is 0 Å². The zero-order chi connectivity index (χ0) is 36.5. The Morgan fingerprint density at radius 3 is 1.11 bits per heavy atom. The van der Waals surface area contributed by atoms with Crippen LogP contribution < -0.4 is 0 Å². The fourth-order valence-corrected chi connectivity index (χ4v) is 11.8. The van der Waals surface area contributed by atoms with Gasteiger partial charge in [0.2, 0.25) is 0 Å². The molecule has 2 nitrogen and oxygen atoms in total. The highest BCUT2D eigenvalue weighted by molar-refractivity contribution is 7.26. The highest BCUT2D eigenvalue weighted by Crippen LogP contribution is 2.38. The third kappa shape index (κ3) is 4.09. The molecular formula is C52H30N2S2. The van der Waals surface area contributed by atoms with Crippen molar-refractivity contribution in [1.82, 2.24) is 9.13 Å². The zero-order valence-corrected chi connectivity index (χ0v) is 31.7. The largest absolute Gasteiger partial charge is 0.309 e. The molecule has 0 aliphatic heterocycles. The third-order valence-corrected chi connectivity index (χ3v) is 14.2. The molecule has 8 aromatic carbocycles. The van der Waals surface area contributed by atoms with Gasteiger partial charge in [0, 0.05) is 83.4 Å². The van der Waals surface area contributed by atoms with E-state index in [-0.39, 0.29) is 0 Å². The molecule has 0 saturated heterocycles. The summed E-state index contributed by atoms with van der Waals surface area (Å²) in [4.78, 5) is 0. The van der Waals surface area contributed by atoms with Crippen LogP contribution in [-0.2, 0) is 0 Å². The Hall–Kier alpha value is -6.72. The maximum absolute atomic E-state index is 2.54. The summed E-state index contributed by atoms with van der Waals surface area (Å²) in [6, 6.07) is 67.9. The van der Waals surface area contributed by atoms with Crippen molar-refractivity contribution in [3.8, 4) is 11.4 Å². The Morgan fingerprint density at radius 2 is 0.643 bits per heavy atom. The third-order valence-electron chi connectivity index (χ3n) is 11.9. The lowest BCUT2D eigenvalue weighted by atomic mass is 10.0. The minimum absolute atomic E-state index is 1.17. The molecule has 0 bridgehead atoms. The number of fused-ring (bicyclic) bond motifs is 14. The van der Waals surface area contributed by atoms with Gasteiger partial charge < -0.3 is 9.13 Å². The predicted octanol–water partition coefficient (Wildman–Crippen LogP) is 13.8. The number of para-hydroxylation sites is 2. The van der Waals surface area contributed by atoms with Gasteiger partial charge in [-0.15, -0.1) is 22.7 Å². The Bertz CT molecular complexity index is 3810. The van der Waals surface area contributed by atoms with Crippen LogP contribution in [0.3, 0.4) is 0 Å². The van der Waals surface area contributed by atoms with Crippen LogP contribution in [0.1, 0.15) is 0 Å². The summed E-state index contributed by atoms with van der Waals surface area (Å²) in [5.74, 6) is 0. The Labute approximate surface area is 327 Å². The van der Waals surface area contributed by atoms with Crippen molar-refractivity contribution >= 4 is 84.8 Å². The van der Waals surface area contributed by atoms with E-state index in [1.54, 1.807) is 0 Å². The predicted molar refractivity (Wildman–Crippen MR) is 236 cm³/mol. The molecule has 1 aliphatic rings. The highest BCUT2D eigenvalue weighted by atomic mass is 32.1. The van der Waals surface area contributed by atoms with Crippen LogP contribution in [0.15, 0.2) is 182 Å². The fourth-order valence-electron chi connectivity index (χ4n) is 9.59. The standard InChI is InChI=1S/C52H30N2S2/c1-2-16-36-35(15-1)49-39-19-5-9-21-43(39)53(31-25-27-47-41(29-31)33-13-7-11-23-45(33)55-47)51(49)37-17-3-4-18-38(37)52-50(36)40-20-6-10-22-44(40)54(52)32-26-28-48-42(30-32)34-14-8-12-24-46(34)56-48/h1-30H. The van der Waals surface area contributed by atoms with E-state index in [0.29, 0.717) is 0 Å². The first-order valence-corrected chi connectivity index (χ1v) is 20.7. The van der Waals surface area contributed by atoms with Crippen LogP contribution >= 0.6 is 22.7 Å². The van der Waals surface area contributed by atoms with Crippen molar-refractivity contribution in [3.63, 3.8) is 0 Å². The van der Waals surface area contributed by atoms with Gasteiger partial charge in [-0.05, 0) is 71.1 Å². The van der Waals surface area contributed by atoms with Crippen molar-refractivity contribution < 1.29 is 0 Å². The topological polar surface area (TPSA) is 9.86 Å². The molecule has 0 spiro atoms. The molecular weight excluding hydrogens is 717 g/mol. The zero-order valence-electron chi connectivity index (χ0n) is 30.0. The number of nitrogens with zero attached hydrogens (tertiary/aromatic N) is 2. The van der Waals surface area contributed by atoms with E-state index in [1.807, 2.05) is 22.7 Å². The van der Waals surface area contributed by atoms with Crippen molar-refractivity contribution in [2.24, 2.45) is 0 Å².